The number of nitrogens with zero attached hydrogens (tertiary/aromatic N) is 3. The topological polar surface area (TPSA) is 60.2 Å². The first kappa shape index (κ1) is 15.5. The van der Waals surface area contributed by atoms with Crippen molar-refractivity contribution in [2.24, 2.45) is 0 Å². The molecule has 2 fully saturated rings. The SMILES string of the molecule is [C-]#[N+]c1cccc(N2C[C@@H]3C[C@H]2CN3c2ccc(C(=O)NO)cc2)c1. The Morgan fingerprint density at radius 2 is 1.76 bits per heavy atom. The first-order valence-electron chi connectivity index (χ1n) is 8.25. The molecule has 0 aliphatic carbocycles. The van der Waals surface area contributed by atoms with Crippen molar-refractivity contribution in [1.29, 1.82) is 0 Å². The summed E-state index contributed by atoms with van der Waals surface area (Å²) in [6, 6.07) is 16.0. The number of anilines is 2. The normalized spacial score (nSPS) is 21.3. The highest BCUT2D eigenvalue weighted by atomic mass is 16.5. The van der Waals surface area contributed by atoms with Crippen LogP contribution in [-0.2, 0) is 0 Å². The van der Waals surface area contributed by atoms with Gasteiger partial charge in [-0.1, -0.05) is 12.1 Å². The van der Waals surface area contributed by atoms with Gasteiger partial charge in [0.15, 0.2) is 5.69 Å². The molecule has 1 amide bonds. The van der Waals surface area contributed by atoms with E-state index in [2.05, 4.69) is 20.7 Å². The second-order valence-electron chi connectivity index (χ2n) is 6.47. The van der Waals surface area contributed by atoms with Crippen molar-refractivity contribution in [1.82, 2.24) is 5.48 Å². The van der Waals surface area contributed by atoms with Crippen LogP contribution in [0.25, 0.3) is 4.85 Å². The van der Waals surface area contributed by atoms with Gasteiger partial charge in [0.1, 0.15) is 0 Å². The van der Waals surface area contributed by atoms with Crippen molar-refractivity contribution in [3.63, 3.8) is 0 Å². The molecule has 0 radical (unpaired) electrons. The lowest BCUT2D eigenvalue weighted by Gasteiger charge is -2.37. The summed E-state index contributed by atoms with van der Waals surface area (Å²) in [6.07, 6.45) is 1.10. The van der Waals surface area contributed by atoms with Gasteiger partial charge in [0.25, 0.3) is 5.91 Å². The second-order valence-corrected chi connectivity index (χ2v) is 6.47. The summed E-state index contributed by atoms with van der Waals surface area (Å²) in [5.74, 6) is -0.500. The molecule has 25 heavy (non-hydrogen) atoms. The predicted octanol–water partition coefficient (Wildman–Crippen LogP) is 2.82. The number of benzene rings is 2. The molecule has 6 nitrogen and oxygen atoms in total. The molecule has 2 aliphatic rings. The van der Waals surface area contributed by atoms with Crippen LogP contribution in [0.1, 0.15) is 16.8 Å². The van der Waals surface area contributed by atoms with E-state index in [0.29, 0.717) is 23.3 Å². The van der Waals surface area contributed by atoms with Gasteiger partial charge >= 0.3 is 0 Å². The van der Waals surface area contributed by atoms with E-state index in [9.17, 15) is 4.79 Å². The zero-order valence-electron chi connectivity index (χ0n) is 13.6. The van der Waals surface area contributed by atoms with Crippen LogP contribution in [0.4, 0.5) is 17.1 Å². The molecular weight excluding hydrogens is 316 g/mol. The minimum atomic E-state index is -0.500. The van der Waals surface area contributed by atoms with Crippen molar-refractivity contribution in [2.75, 3.05) is 22.9 Å². The number of hydrogen-bond donors (Lipinski definition) is 2. The molecule has 126 valence electrons. The highest BCUT2D eigenvalue weighted by Gasteiger charge is 2.43. The first-order valence-corrected chi connectivity index (χ1v) is 8.25. The van der Waals surface area contributed by atoms with Crippen molar-refractivity contribution in [3.05, 3.63) is 65.5 Å². The van der Waals surface area contributed by atoms with Gasteiger partial charge in [-0.05, 0) is 42.8 Å². The summed E-state index contributed by atoms with van der Waals surface area (Å²) in [7, 11) is 0. The lowest BCUT2D eigenvalue weighted by Crippen LogP contribution is -2.46. The molecule has 2 aromatic carbocycles. The van der Waals surface area contributed by atoms with E-state index in [-0.39, 0.29) is 0 Å². The van der Waals surface area contributed by atoms with E-state index in [1.165, 1.54) is 0 Å². The summed E-state index contributed by atoms with van der Waals surface area (Å²) in [5, 5.41) is 8.70. The number of nitrogens with one attached hydrogen (secondary N) is 1. The third-order valence-corrected chi connectivity index (χ3v) is 5.09. The number of amides is 1. The number of fused-ring (bicyclic) bond motifs is 2. The van der Waals surface area contributed by atoms with Crippen LogP contribution in [0, 0.1) is 6.57 Å². The smallest absolute Gasteiger partial charge is 0.274 e. The minimum absolute atomic E-state index is 0.430. The molecule has 0 saturated carbocycles. The summed E-state index contributed by atoms with van der Waals surface area (Å²) < 4.78 is 0. The van der Waals surface area contributed by atoms with Crippen molar-refractivity contribution >= 4 is 23.0 Å². The molecule has 0 spiro atoms. The Morgan fingerprint density at radius 3 is 2.36 bits per heavy atom. The quantitative estimate of drug-likeness (QED) is 0.515. The first-order chi connectivity index (χ1) is 12.2. The van der Waals surface area contributed by atoms with Gasteiger partial charge in [-0.15, -0.1) is 0 Å². The Kier molecular flexibility index (Phi) is 3.79. The number of hydroxylamine groups is 1. The molecule has 0 unspecified atom stereocenters. The molecule has 4 rings (SSSR count). The molecule has 2 aliphatic heterocycles. The second kappa shape index (κ2) is 6.11. The number of carbonyl (C=O) groups is 1. The van der Waals surface area contributed by atoms with E-state index in [1.807, 2.05) is 30.3 Å². The van der Waals surface area contributed by atoms with Crippen LogP contribution < -0.4 is 15.3 Å². The van der Waals surface area contributed by atoms with Crippen molar-refractivity contribution in [2.45, 2.75) is 18.5 Å². The lowest BCUT2D eigenvalue weighted by atomic mass is 10.1. The maximum atomic E-state index is 11.4. The Balaban J connectivity index is 1.49. The molecule has 6 heteroatoms. The highest BCUT2D eigenvalue weighted by molar-refractivity contribution is 5.93. The molecule has 2 atom stereocenters. The maximum Gasteiger partial charge on any atom is 0.274 e. The largest absolute Gasteiger partial charge is 0.366 e. The Hall–Kier alpha value is -3.04. The van der Waals surface area contributed by atoms with Crippen LogP contribution in [0.15, 0.2) is 48.5 Å². The van der Waals surface area contributed by atoms with E-state index >= 15 is 0 Å². The van der Waals surface area contributed by atoms with Gasteiger partial charge < -0.3 is 9.80 Å². The summed E-state index contributed by atoms with van der Waals surface area (Å²) in [6.45, 7) is 9.04. The van der Waals surface area contributed by atoms with E-state index in [0.717, 1.165) is 30.9 Å². The van der Waals surface area contributed by atoms with Crippen LogP contribution in [0.3, 0.4) is 0 Å². The number of piperazine rings is 1. The fourth-order valence-electron chi connectivity index (χ4n) is 3.91. The zero-order valence-corrected chi connectivity index (χ0v) is 13.6. The highest BCUT2D eigenvalue weighted by Crippen LogP contribution is 2.38. The van der Waals surface area contributed by atoms with Gasteiger partial charge in [0.05, 0.1) is 6.57 Å². The summed E-state index contributed by atoms with van der Waals surface area (Å²) in [5.41, 5.74) is 4.98. The third kappa shape index (κ3) is 2.69. The maximum absolute atomic E-state index is 11.4. The Morgan fingerprint density at radius 1 is 1.08 bits per heavy atom. The molecule has 2 saturated heterocycles. The van der Waals surface area contributed by atoms with Gasteiger partial charge in [-0.3, -0.25) is 10.0 Å². The van der Waals surface area contributed by atoms with Crippen LogP contribution in [0.2, 0.25) is 0 Å². The number of carbonyl (C=O) groups excluding carboxylic acids is 1. The van der Waals surface area contributed by atoms with E-state index < -0.39 is 5.91 Å². The zero-order chi connectivity index (χ0) is 17.4. The monoisotopic (exact) mass is 334 g/mol. The van der Waals surface area contributed by atoms with Crippen LogP contribution >= 0.6 is 0 Å². The average Bonchev–Trinajstić information content (AvgIpc) is 3.28. The minimum Gasteiger partial charge on any atom is -0.366 e. The molecule has 2 bridgehead atoms. The van der Waals surface area contributed by atoms with Crippen LogP contribution in [-0.4, -0.2) is 36.3 Å². The molecular formula is C19H18N4O2. The Labute approximate surface area is 146 Å². The molecule has 2 heterocycles. The van der Waals surface area contributed by atoms with Gasteiger partial charge in [0, 0.05) is 42.1 Å². The third-order valence-electron chi connectivity index (χ3n) is 5.09. The number of rotatable bonds is 3. The predicted molar refractivity (Wildman–Crippen MR) is 95.3 cm³/mol. The number of hydrogen-bond acceptors (Lipinski definition) is 4. The molecule has 2 aromatic rings. The van der Waals surface area contributed by atoms with E-state index in [4.69, 9.17) is 11.8 Å². The molecule has 2 N–H and O–H groups in total. The standard InChI is InChI=1S/C19H18N4O2/c1-20-14-3-2-4-16(9-14)23-12-17-10-18(23)11-22(17)15-7-5-13(6-8-15)19(24)21-25/h2-9,17-18,25H,10-12H2,(H,21,24)/t17-,18-/m0/s1. The summed E-state index contributed by atoms with van der Waals surface area (Å²) >= 11 is 0. The van der Waals surface area contributed by atoms with Gasteiger partial charge in [-0.25, -0.2) is 10.3 Å². The fraction of sp³-hybridized carbons (Fsp3) is 0.263. The van der Waals surface area contributed by atoms with Crippen molar-refractivity contribution < 1.29 is 10.0 Å². The van der Waals surface area contributed by atoms with Gasteiger partial charge in [0.2, 0.25) is 0 Å². The lowest BCUT2D eigenvalue weighted by molar-refractivity contribution is 0.0706. The van der Waals surface area contributed by atoms with E-state index in [1.54, 1.807) is 17.6 Å². The van der Waals surface area contributed by atoms with Gasteiger partial charge in [-0.2, -0.15) is 0 Å². The average molecular weight is 334 g/mol. The summed E-state index contributed by atoms with van der Waals surface area (Å²) in [4.78, 5) is 19.7. The molecule has 0 aromatic heterocycles. The van der Waals surface area contributed by atoms with Crippen molar-refractivity contribution in [3.8, 4) is 0 Å². The fourth-order valence-corrected chi connectivity index (χ4v) is 3.91. The van der Waals surface area contributed by atoms with Crippen LogP contribution in [0.5, 0.6) is 0 Å². The Bertz CT molecular complexity index is 843.